The number of nitrogens with two attached hydrogens (primary N) is 1. The average molecular weight is 107 g/mol. The highest BCUT2D eigenvalue weighted by Crippen LogP contribution is 2.27. The van der Waals surface area contributed by atoms with Crippen LogP contribution in [-0.4, -0.2) is 17.3 Å². The van der Waals surface area contributed by atoms with E-state index in [2.05, 4.69) is 0 Å². The van der Waals surface area contributed by atoms with Crippen LogP contribution in [0.4, 0.5) is 0 Å². The second-order valence-corrected chi connectivity index (χ2v) is 1.50. The molecule has 0 spiro atoms. The first-order valence-electron chi connectivity index (χ1n) is 4.96. The fraction of sp³-hybridized carbons (Fsp3) is 1.00. The van der Waals surface area contributed by atoms with E-state index in [4.69, 9.17) is 19.1 Å². The van der Waals surface area contributed by atoms with E-state index in [0.29, 0.717) is 0 Å². The van der Waals surface area contributed by atoms with Gasteiger partial charge in [-0.3, -0.25) is 0 Å². The van der Waals surface area contributed by atoms with Crippen LogP contribution in [0.2, 0.25) is 0 Å². The van der Waals surface area contributed by atoms with Gasteiger partial charge in [0.25, 0.3) is 0 Å². The third-order valence-electron chi connectivity index (χ3n) is 0.821. The van der Waals surface area contributed by atoms with Crippen LogP contribution in [0.25, 0.3) is 0 Å². The molecule has 0 bridgehead atoms. The minimum absolute atomic E-state index is 0.924. The van der Waals surface area contributed by atoms with E-state index in [1.54, 1.807) is 0 Å². The topological polar surface area (TPSA) is 46.2 Å². The summed E-state index contributed by atoms with van der Waals surface area (Å²) in [7, 11) is 0. The molecule has 1 rings (SSSR count). The molecule has 0 amide bonds. The van der Waals surface area contributed by atoms with Crippen molar-refractivity contribution in [2.24, 2.45) is 5.73 Å². The Kier molecular flexibility index (Phi) is 0.302. The Hall–Kier alpha value is -0.0800. The summed E-state index contributed by atoms with van der Waals surface area (Å²) in [5.41, 5.74) is 3.13. The fourth-order valence-corrected chi connectivity index (χ4v) is 0.302. The summed E-state index contributed by atoms with van der Waals surface area (Å²) < 4.78 is 43.3. The zero-order valence-corrected chi connectivity index (χ0v) is 3.73. The Labute approximate surface area is 51.8 Å². The first-order valence-corrected chi connectivity index (χ1v) is 1.96. The lowest BCUT2D eigenvalue weighted by atomic mass is 9.79. The summed E-state index contributed by atoms with van der Waals surface area (Å²) in [6, 6.07) is 0. The van der Waals surface area contributed by atoms with E-state index in [1.165, 1.54) is 0 Å². The average Bonchev–Trinajstić information content (AvgIpc) is 2.00. The molecule has 0 unspecified atom stereocenters. The van der Waals surface area contributed by atoms with Crippen molar-refractivity contribution in [1.29, 1.82) is 0 Å². The summed E-state index contributed by atoms with van der Waals surface area (Å²) in [5, 5.41) is 8.78. The molecule has 0 aliphatic heterocycles. The van der Waals surface area contributed by atoms with Crippen molar-refractivity contribution in [3.8, 4) is 0 Å². The van der Waals surface area contributed by atoms with Gasteiger partial charge < -0.3 is 10.8 Å². The molecule has 0 heterocycles. The van der Waals surface area contributed by atoms with E-state index >= 15 is 0 Å². The van der Waals surface area contributed by atoms with Crippen LogP contribution >= 0.6 is 0 Å². The first kappa shape index (κ1) is 1.45. The van der Waals surface area contributed by atoms with Gasteiger partial charge in [0, 0.05) is 13.8 Å². The van der Waals surface area contributed by atoms with Gasteiger partial charge in [0.1, 0.15) is 0 Å². The number of rotatable bonds is 1. The lowest BCUT2D eigenvalue weighted by molar-refractivity contribution is 0.126. The molecule has 0 saturated heterocycles. The van der Waals surface area contributed by atoms with Crippen molar-refractivity contribution in [1.82, 2.24) is 0 Å². The molecule has 0 radical (unpaired) electrons. The summed E-state index contributed by atoms with van der Waals surface area (Å²) in [6.45, 7) is -0.924. The Morgan fingerprint density at radius 3 is 2.71 bits per heavy atom. The molecule has 0 aromatic carbocycles. The van der Waals surface area contributed by atoms with Crippen LogP contribution < -0.4 is 5.73 Å². The molecule has 3 N–H and O–H groups in total. The third-order valence-corrected chi connectivity index (χ3v) is 0.821. The van der Waals surface area contributed by atoms with Crippen molar-refractivity contribution in [3.63, 3.8) is 0 Å². The molecule has 42 valence electrons. The molecule has 1 fully saturated rings. The van der Waals surface area contributed by atoms with Crippen LogP contribution in [0.5, 0.6) is 0 Å². The van der Waals surface area contributed by atoms with Gasteiger partial charge in [0.15, 0.2) is 0 Å². The Balaban J connectivity index is 3.18. The smallest absolute Gasteiger partial charge is 0.0611 e. The first-order chi connectivity index (χ1) is 5.56. The van der Waals surface area contributed by atoms with E-state index in [-0.39, 0.29) is 0 Å². The summed E-state index contributed by atoms with van der Waals surface area (Å²) in [4.78, 5) is 0. The number of hydrogen-bond donors (Lipinski definition) is 2. The third kappa shape index (κ3) is 0.763. The van der Waals surface area contributed by atoms with Crippen LogP contribution in [0, 0.1) is 0 Å². The van der Waals surface area contributed by atoms with Gasteiger partial charge in [-0.25, -0.2) is 0 Å². The van der Waals surface area contributed by atoms with Crippen molar-refractivity contribution < 1.29 is 13.3 Å². The van der Waals surface area contributed by atoms with Gasteiger partial charge in [-0.05, 0) is 19.1 Å². The van der Waals surface area contributed by atoms with Crippen molar-refractivity contribution in [2.45, 2.75) is 24.7 Å². The number of aliphatic hydroxyl groups excluding tert-OH is 1. The predicted octanol–water partition coefficient (Wildman–Crippen LogP) is -0.140. The molecular weight excluding hydrogens is 90.1 g/mol. The van der Waals surface area contributed by atoms with Crippen LogP contribution in [0.15, 0.2) is 0 Å². The summed E-state index contributed by atoms with van der Waals surface area (Å²) in [6.07, 6.45) is -7.78. The van der Waals surface area contributed by atoms with Crippen LogP contribution in [-0.2, 0) is 0 Å². The van der Waals surface area contributed by atoms with Crippen LogP contribution in [0.1, 0.15) is 27.3 Å². The van der Waals surface area contributed by atoms with Gasteiger partial charge >= 0.3 is 0 Å². The van der Waals surface area contributed by atoms with Gasteiger partial charge in [0.2, 0.25) is 0 Å². The molecule has 0 atom stereocenters. The van der Waals surface area contributed by atoms with Gasteiger partial charge in [-0.1, -0.05) is 0 Å². The maximum absolute atomic E-state index is 8.78. The highest BCUT2D eigenvalue weighted by molar-refractivity contribution is 4.91. The highest BCUT2D eigenvalue weighted by Gasteiger charge is 2.30. The Bertz CT molecular complexity index is 221. The zero-order chi connectivity index (χ0) is 10.7. The molecule has 0 aromatic rings. The molecule has 2 heteroatoms. The Morgan fingerprint density at radius 2 is 2.43 bits per heavy atom. The van der Waals surface area contributed by atoms with Crippen molar-refractivity contribution in [3.05, 3.63) is 0 Å². The predicted molar refractivity (Wildman–Crippen MR) is 27.9 cm³/mol. The van der Waals surface area contributed by atoms with Crippen molar-refractivity contribution in [2.75, 3.05) is 6.61 Å². The van der Waals surface area contributed by atoms with E-state index in [1.807, 2.05) is 0 Å². The lowest BCUT2D eigenvalue weighted by Crippen LogP contribution is -2.49. The maximum atomic E-state index is 8.78. The van der Waals surface area contributed by atoms with E-state index in [0.717, 1.165) is 0 Å². The molecule has 2 nitrogen and oxygen atoms in total. The molecular formula is C5H11NO. The molecule has 0 aromatic heterocycles. The number of hydrogen-bond acceptors (Lipinski definition) is 2. The second-order valence-electron chi connectivity index (χ2n) is 1.50. The second kappa shape index (κ2) is 1.46. The van der Waals surface area contributed by atoms with Gasteiger partial charge in [0.05, 0.1) is 6.61 Å². The minimum Gasteiger partial charge on any atom is -0.394 e. The van der Waals surface area contributed by atoms with Gasteiger partial charge in [-0.15, -0.1) is 0 Å². The largest absolute Gasteiger partial charge is 0.394 e. The number of aliphatic hydroxyl groups is 1. The maximum Gasteiger partial charge on any atom is 0.0611 e. The van der Waals surface area contributed by atoms with Gasteiger partial charge in [-0.2, -0.15) is 0 Å². The standard InChI is InChI=1S/C5H11NO/c6-5(4-7)2-1-3-5/h7H,1-4,6H2/i1D2,2D2,3D2. The summed E-state index contributed by atoms with van der Waals surface area (Å²) in [5.74, 6) is 0. The highest BCUT2D eigenvalue weighted by atomic mass is 16.3. The molecule has 1 aliphatic rings. The molecule has 7 heavy (non-hydrogen) atoms. The monoisotopic (exact) mass is 107 g/mol. The zero-order valence-electron chi connectivity index (χ0n) is 9.73. The fourth-order valence-electron chi connectivity index (χ4n) is 0.302. The molecule has 1 aliphatic carbocycles. The normalized spacial score (nSPS) is 60.9. The van der Waals surface area contributed by atoms with Crippen molar-refractivity contribution >= 4 is 0 Å². The minimum atomic E-state index is -2.67. The SMILES string of the molecule is [2H]C1([2H])C([2H])([2H])C(N)(CO)C1([2H])[2H]. The van der Waals surface area contributed by atoms with Crippen LogP contribution in [0.3, 0.4) is 0 Å². The Morgan fingerprint density at radius 1 is 1.86 bits per heavy atom. The van der Waals surface area contributed by atoms with E-state index in [9.17, 15) is 0 Å². The summed E-state index contributed by atoms with van der Waals surface area (Å²) >= 11 is 0. The quantitative estimate of drug-likeness (QED) is 0.490. The lowest BCUT2D eigenvalue weighted by Gasteiger charge is -2.35. The van der Waals surface area contributed by atoms with E-state index < -0.39 is 31.3 Å². The molecule has 1 saturated carbocycles.